The van der Waals surface area contributed by atoms with Crippen LogP contribution in [0.3, 0.4) is 0 Å². The fourth-order valence-electron chi connectivity index (χ4n) is 1.76. The Hall–Kier alpha value is -1.90. The number of benzene rings is 2. The minimum atomic E-state index is -3.73. The normalized spacial score (nSPS) is 11.0. The topological polar surface area (TPSA) is 84.5 Å². The van der Waals surface area contributed by atoms with Gasteiger partial charge in [0.2, 0.25) is 15.9 Å². The molecule has 2 aromatic carbocycles. The van der Waals surface area contributed by atoms with E-state index in [9.17, 15) is 13.2 Å². The van der Waals surface area contributed by atoms with Crippen molar-refractivity contribution >= 4 is 37.5 Å². The van der Waals surface area contributed by atoms with E-state index in [1.54, 1.807) is 36.4 Å². The van der Waals surface area contributed by atoms with Gasteiger partial charge in [-0.05, 0) is 36.4 Å². The van der Waals surface area contributed by atoms with Crippen LogP contribution >= 0.6 is 15.9 Å². The standard InChI is InChI=1S/C15H15BrN2O4S/c1-22-13-4-2-3-12(9-13)18-15(19)10-17-23(20,21)14-7-5-11(16)6-8-14/h2-9,17H,10H2,1H3,(H,18,19). The van der Waals surface area contributed by atoms with Gasteiger partial charge in [-0.3, -0.25) is 4.79 Å². The van der Waals surface area contributed by atoms with Gasteiger partial charge in [0.1, 0.15) is 5.75 Å². The second-order valence-electron chi connectivity index (χ2n) is 4.56. The molecule has 0 aliphatic carbocycles. The highest BCUT2D eigenvalue weighted by Gasteiger charge is 2.15. The van der Waals surface area contributed by atoms with Crippen molar-refractivity contribution in [3.63, 3.8) is 0 Å². The van der Waals surface area contributed by atoms with E-state index < -0.39 is 15.9 Å². The molecular formula is C15H15BrN2O4S. The molecule has 0 radical (unpaired) electrons. The summed E-state index contributed by atoms with van der Waals surface area (Å²) in [5, 5.41) is 2.60. The summed E-state index contributed by atoms with van der Waals surface area (Å²) in [7, 11) is -2.21. The zero-order valence-corrected chi connectivity index (χ0v) is 14.6. The molecule has 0 saturated heterocycles. The average molecular weight is 399 g/mol. The molecule has 0 aromatic heterocycles. The Balaban J connectivity index is 1.96. The van der Waals surface area contributed by atoms with Crippen LogP contribution in [0, 0.1) is 0 Å². The lowest BCUT2D eigenvalue weighted by Crippen LogP contribution is -2.32. The highest BCUT2D eigenvalue weighted by Crippen LogP contribution is 2.17. The smallest absolute Gasteiger partial charge is 0.241 e. The largest absolute Gasteiger partial charge is 0.497 e. The molecule has 0 heterocycles. The van der Waals surface area contributed by atoms with E-state index in [0.717, 1.165) is 4.47 Å². The SMILES string of the molecule is COc1cccc(NC(=O)CNS(=O)(=O)c2ccc(Br)cc2)c1. The maximum atomic E-state index is 12.1. The van der Waals surface area contributed by atoms with Crippen molar-refractivity contribution in [2.45, 2.75) is 4.90 Å². The number of amides is 1. The van der Waals surface area contributed by atoms with Crippen LogP contribution < -0.4 is 14.8 Å². The third-order valence-electron chi connectivity index (χ3n) is 2.90. The first-order chi connectivity index (χ1) is 10.9. The summed E-state index contributed by atoms with van der Waals surface area (Å²) in [5.74, 6) is 0.122. The van der Waals surface area contributed by atoms with Gasteiger partial charge in [-0.2, -0.15) is 0 Å². The first-order valence-corrected chi connectivity index (χ1v) is 8.87. The lowest BCUT2D eigenvalue weighted by molar-refractivity contribution is -0.115. The Kier molecular flexibility index (Phi) is 5.75. The van der Waals surface area contributed by atoms with Crippen LogP contribution in [-0.2, 0) is 14.8 Å². The van der Waals surface area contributed by atoms with E-state index in [1.807, 2.05) is 0 Å². The minimum Gasteiger partial charge on any atom is -0.497 e. The fraction of sp³-hybridized carbons (Fsp3) is 0.133. The molecule has 8 heteroatoms. The molecule has 2 N–H and O–H groups in total. The first-order valence-electron chi connectivity index (χ1n) is 6.60. The lowest BCUT2D eigenvalue weighted by atomic mass is 10.3. The van der Waals surface area contributed by atoms with Gasteiger partial charge >= 0.3 is 0 Å². The van der Waals surface area contributed by atoms with Crippen molar-refractivity contribution < 1.29 is 17.9 Å². The zero-order chi connectivity index (χ0) is 16.9. The van der Waals surface area contributed by atoms with Crippen LogP contribution in [0.5, 0.6) is 5.75 Å². The molecule has 0 unspecified atom stereocenters. The molecule has 0 fully saturated rings. The highest BCUT2D eigenvalue weighted by atomic mass is 79.9. The molecule has 6 nitrogen and oxygen atoms in total. The van der Waals surface area contributed by atoms with Crippen LogP contribution in [0.25, 0.3) is 0 Å². The van der Waals surface area contributed by atoms with Crippen molar-refractivity contribution in [3.05, 3.63) is 53.0 Å². The summed E-state index contributed by atoms with van der Waals surface area (Å²) < 4.78 is 32.2. The lowest BCUT2D eigenvalue weighted by Gasteiger charge is -2.09. The number of sulfonamides is 1. The van der Waals surface area contributed by atoms with Crippen molar-refractivity contribution in [2.24, 2.45) is 0 Å². The monoisotopic (exact) mass is 398 g/mol. The van der Waals surface area contributed by atoms with Crippen LogP contribution in [0.1, 0.15) is 0 Å². The molecule has 0 aliphatic heterocycles. The van der Waals surface area contributed by atoms with E-state index >= 15 is 0 Å². The summed E-state index contributed by atoms with van der Waals surface area (Å²) in [4.78, 5) is 12.0. The summed E-state index contributed by atoms with van der Waals surface area (Å²) in [6.07, 6.45) is 0. The number of methoxy groups -OCH3 is 1. The predicted octanol–water partition coefficient (Wildman–Crippen LogP) is 2.37. The van der Waals surface area contributed by atoms with Crippen LogP contribution in [0.15, 0.2) is 57.9 Å². The number of nitrogens with one attached hydrogen (secondary N) is 2. The molecule has 2 rings (SSSR count). The van der Waals surface area contributed by atoms with Gasteiger partial charge in [0, 0.05) is 16.2 Å². The predicted molar refractivity (Wildman–Crippen MR) is 91.0 cm³/mol. The van der Waals surface area contributed by atoms with Gasteiger partial charge in [0.05, 0.1) is 18.6 Å². The highest BCUT2D eigenvalue weighted by molar-refractivity contribution is 9.10. The Bertz CT molecular complexity index is 791. The number of hydrogen-bond acceptors (Lipinski definition) is 4. The number of rotatable bonds is 6. The summed E-state index contributed by atoms with van der Waals surface area (Å²) in [5.41, 5.74) is 0.525. The summed E-state index contributed by atoms with van der Waals surface area (Å²) in [6, 6.07) is 12.9. The van der Waals surface area contributed by atoms with Gasteiger partial charge < -0.3 is 10.1 Å². The second-order valence-corrected chi connectivity index (χ2v) is 7.24. The van der Waals surface area contributed by atoms with Crippen molar-refractivity contribution in [2.75, 3.05) is 19.0 Å². The van der Waals surface area contributed by atoms with E-state index in [1.165, 1.54) is 19.2 Å². The third kappa shape index (κ3) is 5.05. The van der Waals surface area contributed by atoms with Crippen LogP contribution in [-0.4, -0.2) is 28.0 Å². The van der Waals surface area contributed by atoms with Crippen molar-refractivity contribution in [1.29, 1.82) is 0 Å². The number of halogens is 1. The van der Waals surface area contributed by atoms with Crippen molar-refractivity contribution in [1.82, 2.24) is 4.72 Å². The molecule has 122 valence electrons. The van der Waals surface area contributed by atoms with E-state index in [0.29, 0.717) is 11.4 Å². The van der Waals surface area contributed by atoms with Gasteiger partial charge in [-0.15, -0.1) is 0 Å². The van der Waals surface area contributed by atoms with Gasteiger partial charge in [0.15, 0.2) is 0 Å². The second kappa shape index (κ2) is 7.58. The molecule has 0 spiro atoms. The fourth-order valence-corrected chi connectivity index (χ4v) is 3.01. The Morgan fingerprint density at radius 1 is 1.17 bits per heavy atom. The molecule has 0 bridgehead atoms. The minimum absolute atomic E-state index is 0.0925. The van der Waals surface area contributed by atoms with E-state index in [4.69, 9.17) is 4.74 Å². The number of carbonyl (C=O) groups is 1. The van der Waals surface area contributed by atoms with E-state index in [2.05, 4.69) is 26.0 Å². The molecule has 2 aromatic rings. The number of hydrogen-bond donors (Lipinski definition) is 2. The molecule has 0 aliphatic rings. The van der Waals surface area contributed by atoms with Gasteiger partial charge in [0.25, 0.3) is 0 Å². The number of ether oxygens (including phenoxy) is 1. The van der Waals surface area contributed by atoms with E-state index in [-0.39, 0.29) is 11.4 Å². The molecule has 0 saturated carbocycles. The van der Waals surface area contributed by atoms with Crippen molar-refractivity contribution in [3.8, 4) is 5.75 Å². The van der Waals surface area contributed by atoms with Gasteiger partial charge in [-0.1, -0.05) is 22.0 Å². The zero-order valence-electron chi connectivity index (χ0n) is 12.2. The number of carbonyl (C=O) groups excluding carboxylic acids is 1. The van der Waals surface area contributed by atoms with Gasteiger partial charge in [-0.25, -0.2) is 13.1 Å². The average Bonchev–Trinajstić information content (AvgIpc) is 2.54. The summed E-state index contributed by atoms with van der Waals surface area (Å²) in [6.45, 7) is -0.365. The quantitative estimate of drug-likeness (QED) is 0.781. The Morgan fingerprint density at radius 2 is 1.87 bits per heavy atom. The maximum absolute atomic E-state index is 12.1. The molecule has 23 heavy (non-hydrogen) atoms. The Morgan fingerprint density at radius 3 is 2.52 bits per heavy atom. The van der Waals surface area contributed by atoms with Crippen LogP contribution in [0.4, 0.5) is 5.69 Å². The Labute approximate surface area is 143 Å². The molecule has 1 amide bonds. The summed E-state index contributed by atoms with van der Waals surface area (Å²) >= 11 is 3.23. The number of anilines is 1. The maximum Gasteiger partial charge on any atom is 0.241 e. The van der Waals surface area contributed by atoms with Crippen LogP contribution in [0.2, 0.25) is 0 Å². The first kappa shape index (κ1) is 17.5. The molecule has 0 atom stereocenters. The third-order valence-corrected chi connectivity index (χ3v) is 4.85. The molecular weight excluding hydrogens is 384 g/mol.